The molecular formula is C23H18N2O5. The third kappa shape index (κ3) is 3.73. The number of urea groups is 1. The van der Waals surface area contributed by atoms with Crippen LogP contribution in [0.5, 0.6) is 0 Å². The lowest BCUT2D eigenvalue weighted by Crippen LogP contribution is -2.30. The van der Waals surface area contributed by atoms with Gasteiger partial charge in [0.15, 0.2) is 0 Å². The highest BCUT2D eigenvalue weighted by molar-refractivity contribution is 6.13. The van der Waals surface area contributed by atoms with Gasteiger partial charge in [0, 0.05) is 11.6 Å². The van der Waals surface area contributed by atoms with Gasteiger partial charge in [-0.1, -0.05) is 36.4 Å². The number of amides is 3. The van der Waals surface area contributed by atoms with Crippen LogP contribution >= 0.6 is 0 Å². The Hall–Kier alpha value is -4.13. The molecule has 7 heteroatoms. The summed E-state index contributed by atoms with van der Waals surface area (Å²) in [6.07, 6.45) is 1.48. The molecule has 3 amide bonds. The van der Waals surface area contributed by atoms with Gasteiger partial charge in [-0.05, 0) is 42.3 Å². The molecule has 0 radical (unpaired) electrons. The summed E-state index contributed by atoms with van der Waals surface area (Å²) in [6, 6.07) is 16.9. The van der Waals surface area contributed by atoms with E-state index in [1.165, 1.54) is 12.1 Å². The molecule has 150 valence electrons. The molecule has 0 saturated carbocycles. The largest absolute Gasteiger partial charge is 0.478 e. The van der Waals surface area contributed by atoms with Crippen LogP contribution in [0, 0.1) is 6.92 Å². The fraction of sp³-hybridized carbons (Fsp3) is 0.0870. The van der Waals surface area contributed by atoms with Crippen molar-refractivity contribution in [2.24, 2.45) is 0 Å². The van der Waals surface area contributed by atoms with Crippen LogP contribution in [0.3, 0.4) is 0 Å². The summed E-state index contributed by atoms with van der Waals surface area (Å²) in [6.45, 7) is 1.98. The topological polar surface area (TPSA) is 99.9 Å². The Morgan fingerprint density at radius 3 is 2.57 bits per heavy atom. The molecule has 7 nitrogen and oxygen atoms in total. The average Bonchev–Trinajstić information content (AvgIpc) is 3.29. The van der Waals surface area contributed by atoms with Crippen molar-refractivity contribution in [1.82, 2.24) is 10.2 Å². The lowest BCUT2D eigenvalue weighted by molar-refractivity contribution is -0.123. The van der Waals surface area contributed by atoms with Crippen LogP contribution < -0.4 is 5.32 Å². The van der Waals surface area contributed by atoms with E-state index < -0.39 is 17.9 Å². The van der Waals surface area contributed by atoms with Crippen molar-refractivity contribution in [1.29, 1.82) is 0 Å². The Morgan fingerprint density at radius 1 is 1.10 bits per heavy atom. The number of carboxylic acid groups (broad SMARTS) is 1. The molecule has 1 aliphatic heterocycles. The number of carbonyl (C=O) groups excluding carboxylic acids is 2. The van der Waals surface area contributed by atoms with E-state index in [0.29, 0.717) is 11.5 Å². The SMILES string of the molecule is Cc1cc(C(=O)O)ccc1-c1ccc(C=C2NC(=O)N(Cc3ccccc3)C2=O)o1. The highest BCUT2D eigenvalue weighted by Gasteiger charge is 2.33. The van der Waals surface area contributed by atoms with E-state index in [0.717, 1.165) is 21.6 Å². The second-order valence-electron chi connectivity index (χ2n) is 6.90. The van der Waals surface area contributed by atoms with Crippen molar-refractivity contribution < 1.29 is 23.9 Å². The Balaban J connectivity index is 1.55. The molecule has 3 aromatic rings. The van der Waals surface area contributed by atoms with Gasteiger partial charge in [-0.2, -0.15) is 0 Å². The number of nitrogens with one attached hydrogen (secondary N) is 1. The molecule has 2 heterocycles. The standard InChI is InChI=1S/C23H18N2O5/c1-14-11-16(22(27)28)7-9-18(14)20-10-8-17(30-20)12-19-21(26)25(23(29)24-19)13-15-5-3-2-4-6-15/h2-12H,13H2,1H3,(H,24,29)(H,27,28). The molecule has 0 unspecified atom stereocenters. The number of aromatic carboxylic acids is 1. The predicted octanol–water partition coefficient (Wildman–Crippen LogP) is 4.05. The fourth-order valence-corrected chi connectivity index (χ4v) is 3.27. The Labute approximate surface area is 172 Å². The van der Waals surface area contributed by atoms with Gasteiger partial charge in [-0.25, -0.2) is 9.59 Å². The number of benzene rings is 2. The molecule has 30 heavy (non-hydrogen) atoms. The first kappa shape index (κ1) is 19.2. The predicted molar refractivity (Wildman–Crippen MR) is 109 cm³/mol. The third-order valence-electron chi connectivity index (χ3n) is 4.80. The quantitative estimate of drug-likeness (QED) is 0.495. The van der Waals surface area contributed by atoms with E-state index in [4.69, 9.17) is 9.52 Å². The van der Waals surface area contributed by atoms with Gasteiger partial charge in [0.1, 0.15) is 17.2 Å². The Bertz CT molecular complexity index is 1180. The van der Waals surface area contributed by atoms with Crippen molar-refractivity contribution in [3.8, 4) is 11.3 Å². The number of nitrogens with zero attached hydrogens (tertiary/aromatic N) is 1. The zero-order valence-corrected chi connectivity index (χ0v) is 16.1. The lowest BCUT2D eigenvalue weighted by atomic mass is 10.0. The zero-order valence-electron chi connectivity index (χ0n) is 16.1. The number of imide groups is 1. The molecule has 1 saturated heterocycles. The molecular weight excluding hydrogens is 384 g/mol. The number of hydrogen-bond acceptors (Lipinski definition) is 4. The third-order valence-corrected chi connectivity index (χ3v) is 4.80. The number of rotatable bonds is 5. The van der Waals surface area contributed by atoms with Gasteiger partial charge in [0.25, 0.3) is 5.91 Å². The summed E-state index contributed by atoms with van der Waals surface area (Å²) in [7, 11) is 0. The number of hydrogen-bond donors (Lipinski definition) is 2. The zero-order chi connectivity index (χ0) is 21.3. The van der Waals surface area contributed by atoms with E-state index in [2.05, 4.69) is 5.32 Å². The fourth-order valence-electron chi connectivity index (χ4n) is 3.27. The highest BCUT2D eigenvalue weighted by Crippen LogP contribution is 2.28. The van der Waals surface area contributed by atoms with Crippen LogP contribution in [0.4, 0.5) is 4.79 Å². The van der Waals surface area contributed by atoms with E-state index in [1.807, 2.05) is 30.3 Å². The van der Waals surface area contributed by atoms with Crippen molar-refractivity contribution >= 4 is 24.0 Å². The van der Waals surface area contributed by atoms with Crippen molar-refractivity contribution in [3.63, 3.8) is 0 Å². The van der Waals surface area contributed by atoms with E-state index in [1.54, 1.807) is 31.2 Å². The second kappa shape index (κ2) is 7.71. The van der Waals surface area contributed by atoms with Crippen LogP contribution in [0.2, 0.25) is 0 Å². The summed E-state index contributed by atoms with van der Waals surface area (Å²) in [4.78, 5) is 37.1. The first-order valence-electron chi connectivity index (χ1n) is 9.25. The van der Waals surface area contributed by atoms with Crippen molar-refractivity contribution in [3.05, 3.63) is 88.8 Å². The minimum absolute atomic E-state index is 0.134. The van der Waals surface area contributed by atoms with Crippen molar-refractivity contribution in [2.45, 2.75) is 13.5 Å². The lowest BCUT2D eigenvalue weighted by Gasteiger charge is -2.11. The minimum Gasteiger partial charge on any atom is -0.478 e. The molecule has 4 rings (SSSR count). The maximum absolute atomic E-state index is 12.6. The van der Waals surface area contributed by atoms with Gasteiger partial charge in [-0.15, -0.1) is 0 Å². The second-order valence-corrected chi connectivity index (χ2v) is 6.90. The van der Waals surface area contributed by atoms with E-state index >= 15 is 0 Å². The normalized spacial score (nSPS) is 15.0. The summed E-state index contributed by atoms with van der Waals surface area (Å²) in [5.41, 5.74) is 2.68. The maximum atomic E-state index is 12.6. The average molecular weight is 402 g/mol. The van der Waals surface area contributed by atoms with Crippen LogP contribution in [-0.2, 0) is 11.3 Å². The summed E-state index contributed by atoms with van der Waals surface area (Å²) in [5, 5.41) is 11.7. The van der Waals surface area contributed by atoms with Gasteiger partial charge < -0.3 is 14.8 Å². The molecule has 0 aliphatic carbocycles. The monoisotopic (exact) mass is 402 g/mol. The van der Waals surface area contributed by atoms with Gasteiger partial charge in [0.05, 0.1) is 12.1 Å². The molecule has 1 aliphatic rings. The van der Waals surface area contributed by atoms with Gasteiger partial charge in [0.2, 0.25) is 0 Å². The van der Waals surface area contributed by atoms with E-state index in [-0.39, 0.29) is 17.8 Å². The van der Waals surface area contributed by atoms with Crippen LogP contribution in [-0.4, -0.2) is 27.9 Å². The summed E-state index contributed by atoms with van der Waals surface area (Å²) in [5.74, 6) is -0.486. The smallest absolute Gasteiger partial charge is 0.335 e. The Kier molecular flexibility index (Phi) is 4.93. The summed E-state index contributed by atoms with van der Waals surface area (Å²) >= 11 is 0. The molecule has 2 aromatic carbocycles. The van der Waals surface area contributed by atoms with Gasteiger partial charge >= 0.3 is 12.0 Å². The van der Waals surface area contributed by atoms with Gasteiger partial charge in [-0.3, -0.25) is 9.69 Å². The van der Waals surface area contributed by atoms with Crippen molar-refractivity contribution in [2.75, 3.05) is 0 Å². The first-order valence-corrected chi connectivity index (χ1v) is 9.25. The number of furan rings is 1. The minimum atomic E-state index is -0.995. The number of carbonyl (C=O) groups is 3. The molecule has 2 N–H and O–H groups in total. The van der Waals surface area contributed by atoms with Crippen LogP contribution in [0.15, 0.2) is 70.8 Å². The van der Waals surface area contributed by atoms with Crippen LogP contribution in [0.25, 0.3) is 17.4 Å². The molecule has 1 fully saturated rings. The first-order chi connectivity index (χ1) is 14.4. The molecule has 0 atom stereocenters. The highest BCUT2D eigenvalue weighted by atomic mass is 16.4. The Morgan fingerprint density at radius 2 is 1.87 bits per heavy atom. The molecule has 1 aromatic heterocycles. The molecule has 0 spiro atoms. The summed E-state index contributed by atoms with van der Waals surface area (Å²) < 4.78 is 5.80. The van der Waals surface area contributed by atoms with Crippen LogP contribution in [0.1, 0.15) is 27.2 Å². The molecule has 0 bridgehead atoms. The van der Waals surface area contributed by atoms with E-state index in [9.17, 15) is 14.4 Å². The maximum Gasteiger partial charge on any atom is 0.335 e. The number of aryl methyl sites for hydroxylation is 1. The number of carboxylic acids is 1.